The van der Waals surface area contributed by atoms with E-state index < -0.39 is 0 Å². The molecule has 0 unspecified atom stereocenters. The molecule has 10 rings (SSSR count). The summed E-state index contributed by atoms with van der Waals surface area (Å²) in [5.74, 6) is 0. The summed E-state index contributed by atoms with van der Waals surface area (Å²) in [6.07, 6.45) is 0. The van der Waals surface area contributed by atoms with Crippen LogP contribution in [0.4, 0.5) is 0 Å². The van der Waals surface area contributed by atoms with Gasteiger partial charge in [-0.2, -0.15) is 0 Å². The zero-order chi connectivity index (χ0) is 28.8. The Morgan fingerprint density at radius 3 is 1.68 bits per heavy atom. The van der Waals surface area contributed by atoms with Gasteiger partial charge in [-0.15, -0.1) is 0 Å². The molecular weight excluding hydrogens is 597 g/mol. The molecule has 0 fully saturated rings. The summed E-state index contributed by atoms with van der Waals surface area (Å²) in [6.45, 7) is 0. The number of fused-ring (bicyclic) bond motifs is 12. The second kappa shape index (κ2) is 9.18. The van der Waals surface area contributed by atoms with Gasteiger partial charge in [-0.05, 0) is 0 Å². The summed E-state index contributed by atoms with van der Waals surface area (Å²) < 4.78 is 2.93. The van der Waals surface area contributed by atoms with Gasteiger partial charge in [-0.3, -0.25) is 0 Å². The number of aromatic nitrogens is 1. The van der Waals surface area contributed by atoms with E-state index in [1.54, 1.807) is 0 Å². The van der Waals surface area contributed by atoms with Crippen LogP contribution < -0.4 is 0 Å². The Hall–Kier alpha value is -5.14. The molecule has 0 aliphatic carbocycles. The summed E-state index contributed by atoms with van der Waals surface area (Å²) in [5.41, 5.74) is 7.54. The van der Waals surface area contributed by atoms with Gasteiger partial charge >= 0.3 is 261 Å². The Morgan fingerprint density at radius 1 is 0.341 bits per heavy atom. The molecular formula is C42H25NSe. The van der Waals surface area contributed by atoms with Gasteiger partial charge in [0, 0.05) is 0 Å². The summed E-state index contributed by atoms with van der Waals surface area (Å²) >= 11 is 0.270. The molecule has 0 aliphatic rings. The predicted molar refractivity (Wildman–Crippen MR) is 191 cm³/mol. The van der Waals surface area contributed by atoms with Gasteiger partial charge in [0.1, 0.15) is 0 Å². The summed E-state index contributed by atoms with van der Waals surface area (Å²) in [5, 5.41) is 13.2. The number of nitrogens with one attached hydrogen (secondary N) is 1. The third-order valence-electron chi connectivity index (χ3n) is 9.41. The fraction of sp³-hybridized carbons (Fsp3) is 0. The van der Waals surface area contributed by atoms with Crippen LogP contribution in [0.3, 0.4) is 0 Å². The second-order valence-corrected chi connectivity index (χ2v) is 14.0. The van der Waals surface area contributed by atoms with E-state index in [-0.39, 0.29) is 14.5 Å². The van der Waals surface area contributed by atoms with Crippen LogP contribution in [-0.4, -0.2) is 19.5 Å². The fourth-order valence-corrected chi connectivity index (χ4v) is 9.92. The van der Waals surface area contributed by atoms with Crippen molar-refractivity contribution in [3.8, 4) is 22.3 Å². The molecule has 1 N–H and O–H groups in total. The van der Waals surface area contributed by atoms with E-state index in [9.17, 15) is 0 Å². The molecule has 0 aliphatic heterocycles. The Bertz CT molecular complexity index is 2730. The van der Waals surface area contributed by atoms with Crippen molar-refractivity contribution < 1.29 is 0 Å². The minimum absolute atomic E-state index is 0.270. The molecule has 2 heteroatoms. The van der Waals surface area contributed by atoms with Crippen LogP contribution in [-0.2, 0) is 0 Å². The number of aromatic amines is 1. The van der Waals surface area contributed by atoms with Gasteiger partial charge < -0.3 is 0 Å². The molecule has 2 heterocycles. The number of hydrogen-bond donors (Lipinski definition) is 1. The average Bonchev–Trinajstić information content (AvgIpc) is 3.66. The summed E-state index contributed by atoms with van der Waals surface area (Å²) in [4.78, 5) is 3.81. The average molecular weight is 623 g/mol. The number of H-pyrrole nitrogens is 1. The van der Waals surface area contributed by atoms with Crippen LogP contribution in [0.25, 0.3) is 95.7 Å². The summed E-state index contributed by atoms with van der Waals surface area (Å²) in [7, 11) is 0. The molecule has 0 bridgehead atoms. The van der Waals surface area contributed by atoms with Gasteiger partial charge in [0.15, 0.2) is 0 Å². The van der Waals surface area contributed by atoms with Crippen molar-refractivity contribution in [3.63, 3.8) is 0 Å². The maximum atomic E-state index is 3.81. The maximum absolute atomic E-state index is 3.81. The van der Waals surface area contributed by atoms with Gasteiger partial charge in [-0.25, -0.2) is 0 Å². The van der Waals surface area contributed by atoms with Crippen LogP contribution in [0.1, 0.15) is 0 Å². The van der Waals surface area contributed by atoms with Crippen molar-refractivity contribution >= 4 is 87.9 Å². The van der Waals surface area contributed by atoms with E-state index in [2.05, 4.69) is 151 Å². The van der Waals surface area contributed by atoms with Gasteiger partial charge in [0.2, 0.25) is 0 Å². The number of para-hydroxylation sites is 2. The van der Waals surface area contributed by atoms with Crippen LogP contribution in [0.15, 0.2) is 146 Å². The monoisotopic (exact) mass is 623 g/mol. The first-order chi connectivity index (χ1) is 21.8. The van der Waals surface area contributed by atoms with Crippen molar-refractivity contribution in [3.05, 3.63) is 146 Å². The fourth-order valence-electron chi connectivity index (χ4n) is 7.58. The Kier molecular flexibility index (Phi) is 5.07. The first-order valence-corrected chi connectivity index (χ1v) is 16.8. The zero-order valence-corrected chi connectivity index (χ0v) is 25.5. The molecule has 0 saturated heterocycles. The number of hydrogen-bond acceptors (Lipinski definition) is 0. The molecule has 0 atom stereocenters. The summed E-state index contributed by atoms with van der Waals surface area (Å²) in [6, 6.07) is 54.0. The van der Waals surface area contributed by atoms with E-state index in [1.165, 1.54) is 95.7 Å². The molecule has 0 spiro atoms. The molecule has 8 aromatic carbocycles. The van der Waals surface area contributed by atoms with E-state index in [0.717, 1.165) is 0 Å². The molecule has 0 saturated carbocycles. The van der Waals surface area contributed by atoms with Crippen LogP contribution in [0.2, 0.25) is 0 Å². The van der Waals surface area contributed by atoms with Crippen molar-refractivity contribution in [2.45, 2.75) is 0 Å². The second-order valence-electron chi connectivity index (χ2n) is 11.7. The molecule has 204 valence electrons. The van der Waals surface area contributed by atoms with Crippen molar-refractivity contribution in [1.82, 2.24) is 4.98 Å². The minimum atomic E-state index is 0.270. The van der Waals surface area contributed by atoms with Crippen LogP contribution >= 0.6 is 0 Å². The third kappa shape index (κ3) is 3.30. The van der Waals surface area contributed by atoms with Gasteiger partial charge in [-0.1, -0.05) is 0 Å². The Morgan fingerprint density at radius 2 is 0.909 bits per heavy atom. The Labute approximate surface area is 259 Å². The first kappa shape index (κ1) is 24.3. The van der Waals surface area contributed by atoms with Crippen molar-refractivity contribution in [2.24, 2.45) is 0 Å². The molecule has 0 amide bonds. The third-order valence-corrected chi connectivity index (χ3v) is 11.8. The van der Waals surface area contributed by atoms with Gasteiger partial charge in [0.05, 0.1) is 0 Å². The predicted octanol–water partition coefficient (Wildman–Crippen LogP) is 11.5. The van der Waals surface area contributed by atoms with Crippen molar-refractivity contribution in [2.75, 3.05) is 0 Å². The molecule has 10 aromatic rings. The van der Waals surface area contributed by atoms with E-state index >= 15 is 0 Å². The standard InChI is InChI=1S/C42H25NSe/c1-2-12-27-25(11-1)26-13-3-4-15-29(26)39-30(27)17-9-20-35(39)40-31(23-24-38-41(40)34-16-6-8-22-37(34)44-38)33-19-10-18-32-28-14-5-7-21-36(28)43-42(32)33/h1-24,43H. The molecule has 2 aromatic heterocycles. The molecule has 0 radical (unpaired) electrons. The SMILES string of the molecule is c1ccc2c(c1)[nH]c1c(-c3ccc4[se]c5ccccc5c4c3-c3cccc4c5ccccc5c5ccccc5c34)cccc12. The van der Waals surface area contributed by atoms with E-state index in [1.807, 2.05) is 0 Å². The van der Waals surface area contributed by atoms with E-state index in [4.69, 9.17) is 0 Å². The van der Waals surface area contributed by atoms with Crippen LogP contribution in [0, 0.1) is 0 Å². The van der Waals surface area contributed by atoms with Gasteiger partial charge in [0.25, 0.3) is 0 Å². The number of rotatable bonds is 2. The first-order valence-electron chi connectivity index (χ1n) is 15.1. The quantitative estimate of drug-likeness (QED) is 0.146. The topological polar surface area (TPSA) is 15.8 Å². The normalized spacial score (nSPS) is 12.1. The van der Waals surface area contributed by atoms with Crippen LogP contribution in [0.5, 0.6) is 0 Å². The Balaban J connectivity index is 1.44. The zero-order valence-electron chi connectivity index (χ0n) is 23.8. The van der Waals surface area contributed by atoms with Crippen molar-refractivity contribution in [1.29, 1.82) is 0 Å². The molecule has 1 nitrogen and oxygen atoms in total. The number of benzene rings is 8. The van der Waals surface area contributed by atoms with E-state index in [0.29, 0.717) is 0 Å². The molecule has 44 heavy (non-hydrogen) atoms.